The van der Waals surface area contributed by atoms with Crippen LogP contribution in [0.25, 0.3) is 0 Å². The summed E-state index contributed by atoms with van der Waals surface area (Å²) in [6, 6.07) is 1.65. The molecular weight excluding hydrogens is 157 g/mol. The third-order valence-electron chi connectivity index (χ3n) is 1.64. The molecule has 0 aromatic carbocycles. The highest BCUT2D eigenvalue weighted by Crippen LogP contribution is 2.11. The molecule has 0 aliphatic rings. The summed E-state index contributed by atoms with van der Waals surface area (Å²) in [5.41, 5.74) is 12.0. The molecule has 1 heterocycles. The summed E-state index contributed by atoms with van der Waals surface area (Å²) in [5.74, 6) is 0. The van der Waals surface area contributed by atoms with Crippen molar-refractivity contribution >= 4 is 5.69 Å². The number of aromatic nitrogens is 1. The fourth-order valence-corrected chi connectivity index (χ4v) is 0.930. The van der Waals surface area contributed by atoms with E-state index in [1.165, 1.54) is 0 Å². The van der Waals surface area contributed by atoms with Crippen molar-refractivity contribution < 1.29 is 4.39 Å². The van der Waals surface area contributed by atoms with Crippen LogP contribution >= 0.6 is 0 Å². The number of halogens is 1. The van der Waals surface area contributed by atoms with Gasteiger partial charge in [0, 0.05) is 31.0 Å². The molecule has 1 aromatic heterocycles. The van der Waals surface area contributed by atoms with Gasteiger partial charge in [0.15, 0.2) is 0 Å². The van der Waals surface area contributed by atoms with Crippen LogP contribution in [0, 0.1) is 0 Å². The number of nitrogens with two attached hydrogens (primary N) is 2. The SMILES string of the molecule is NCC(F)Cc1cnccc1N. The Morgan fingerprint density at radius 3 is 2.92 bits per heavy atom. The zero-order chi connectivity index (χ0) is 8.97. The highest BCUT2D eigenvalue weighted by Gasteiger charge is 2.07. The highest BCUT2D eigenvalue weighted by atomic mass is 19.1. The van der Waals surface area contributed by atoms with Gasteiger partial charge in [0.05, 0.1) is 0 Å². The Morgan fingerprint density at radius 2 is 2.33 bits per heavy atom. The minimum absolute atomic E-state index is 0.0222. The molecule has 0 aliphatic heterocycles. The van der Waals surface area contributed by atoms with Gasteiger partial charge in [0.25, 0.3) is 0 Å². The van der Waals surface area contributed by atoms with Crippen LogP contribution in [0.5, 0.6) is 0 Å². The molecule has 0 saturated carbocycles. The molecule has 0 bridgehead atoms. The van der Waals surface area contributed by atoms with Crippen LogP contribution in [-0.4, -0.2) is 17.7 Å². The molecule has 4 heteroatoms. The van der Waals surface area contributed by atoms with Gasteiger partial charge >= 0.3 is 0 Å². The molecule has 66 valence electrons. The van der Waals surface area contributed by atoms with Gasteiger partial charge in [0.1, 0.15) is 6.17 Å². The quantitative estimate of drug-likeness (QED) is 0.692. The Hall–Kier alpha value is -1.16. The maximum absolute atomic E-state index is 12.8. The van der Waals surface area contributed by atoms with Crippen LogP contribution < -0.4 is 11.5 Å². The molecule has 0 aliphatic carbocycles. The van der Waals surface area contributed by atoms with Crippen LogP contribution in [0.1, 0.15) is 5.56 Å². The zero-order valence-electron chi connectivity index (χ0n) is 6.70. The van der Waals surface area contributed by atoms with Crippen LogP contribution in [0.3, 0.4) is 0 Å². The average Bonchev–Trinajstić information content (AvgIpc) is 2.09. The molecule has 1 unspecified atom stereocenters. The van der Waals surface area contributed by atoms with Gasteiger partial charge in [0.2, 0.25) is 0 Å². The van der Waals surface area contributed by atoms with Crippen molar-refractivity contribution in [3.05, 3.63) is 24.0 Å². The normalized spacial score (nSPS) is 12.8. The van der Waals surface area contributed by atoms with Crippen molar-refractivity contribution in [1.29, 1.82) is 0 Å². The third-order valence-corrected chi connectivity index (χ3v) is 1.64. The minimum atomic E-state index is -1.03. The highest BCUT2D eigenvalue weighted by molar-refractivity contribution is 5.44. The van der Waals surface area contributed by atoms with E-state index in [1.54, 1.807) is 18.5 Å². The number of nitrogen functional groups attached to an aromatic ring is 1. The second-order valence-electron chi connectivity index (χ2n) is 2.61. The Labute approximate surface area is 70.6 Å². The van der Waals surface area contributed by atoms with E-state index in [0.717, 1.165) is 5.56 Å². The van der Waals surface area contributed by atoms with E-state index in [4.69, 9.17) is 11.5 Å². The number of alkyl halides is 1. The van der Waals surface area contributed by atoms with E-state index in [9.17, 15) is 4.39 Å². The van der Waals surface area contributed by atoms with E-state index >= 15 is 0 Å². The van der Waals surface area contributed by atoms with Crippen molar-refractivity contribution in [2.75, 3.05) is 12.3 Å². The number of rotatable bonds is 3. The molecular formula is C8H12FN3. The second kappa shape index (κ2) is 4.01. The maximum atomic E-state index is 12.8. The first-order valence-electron chi connectivity index (χ1n) is 3.76. The fraction of sp³-hybridized carbons (Fsp3) is 0.375. The number of pyridine rings is 1. The number of hydrogen-bond acceptors (Lipinski definition) is 3. The van der Waals surface area contributed by atoms with Crippen molar-refractivity contribution in [3.8, 4) is 0 Å². The maximum Gasteiger partial charge on any atom is 0.116 e. The van der Waals surface area contributed by atoms with Gasteiger partial charge in [-0.3, -0.25) is 4.98 Å². The van der Waals surface area contributed by atoms with Gasteiger partial charge in [-0.25, -0.2) is 4.39 Å². The fourth-order valence-electron chi connectivity index (χ4n) is 0.930. The summed E-state index contributed by atoms with van der Waals surface area (Å²) in [6.07, 6.45) is 2.36. The average molecular weight is 169 g/mol. The molecule has 1 rings (SSSR count). The standard InChI is InChI=1S/C8H12FN3/c9-7(4-10)3-6-5-12-2-1-8(6)11/h1-2,5,7H,3-4,10H2,(H2,11,12). The molecule has 3 nitrogen and oxygen atoms in total. The Morgan fingerprint density at radius 1 is 1.58 bits per heavy atom. The number of anilines is 1. The summed E-state index contributed by atoms with van der Waals surface area (Å²) in [7, 11) is 0. The predicted molar refractivity (Wildman–Crippen MR) is 46.3 cm³/mol. The zero-order valence-corrected chi connectivity index (χ0v) is 6.70. The molecule has 1 aromatic rings. The van der Waals surface area contributed by atoms with Gasteiger partial charge in [-0.05, 0) is 11.6 Å². The van der Waals surface area contributed by atoms with Crippen LogP contribution in [0.2, 0.25) is 0 Å². The van der Waals surface area contributed by atoms with Crippen molar-refractivity contribution in [2.24, 2.45) is 5.73 Å². The van der Waals surface area contributed by atoms with Crippen molar-refractivity contribution in [2.45, 2.75) is 12.6 Å². The molecule has 4 N–H and O–H groups in total. The first kappa shape index (κ1) is 8.93. The summed E-state index contributed by atoms with van der Waals surface area (Å²) < 4.78 is 12.8. The van der Waals surface area contributed by atoms with Gasteiger partial charge in [-0.2, -0.15) is 0 Å². The monoisotopic (exact) mass is 169 g/mol. The van der Waals surface area contributed by atoms with Crippen LogP contribution in [0.15, 0.2) is 18.5 Å². The predicted octanol–water partition coefficient (Wildman–Crippen LogP) is 0.503. The molecule has 0 amide bonds. The first-order valence-corrected chi connectivity index (χ1v) is 3.76. The summed E-state index contributed by atoms with van der Waals surface area (Å²) >= 11 is 0. The molecule has 0 fully saturated rings. The lowest BCUT2D eigenvalue weighted by Crippen LogP contribution is -2.18. The molecule has 0 radical (unpaired) electrons. The minimum Gasteiger partial charge on any atom is -0.398 e. The van der Waals surface area contributed by atoms with E-state index in [1.807, 2.05) is 0 Å². The van der Waals surface area contributed by atoms with Crippen LogP contribution in [0.4, 0.5) is 10.1 Å². The third kappa shape index (κ3) is 2.17. The number of hydrogen-bond donors (Lipinski definition) is 2. The summed E-state index contributed by atoms with van der Waals surface area (Å²) in [4.78, 5) is 3.85. The van der Waals surface area contributed by atoms with Gasteiger partial charge in [-0.15, -0.1) is 0 Å². The Kier molecular flexibility index (Phi) is 2.99. The smallest absolute Gasteiger partial charge is 0.116 e. The van der Waals surface area contributed by atoms with Crippen molar-refractivity contribution in [1.82, 2.24) is 4.98 Å². The van der Waals surface area contributed by atoms with E-state index in [0.29, 0.717) is 5.69 Å². The Bertz CT molecular complexity index is 252. The van der Waals surface area contributed by atoms with E-state index < -0.39 is 6.17 Å². The van der Waals surface area contributed by atoms with Gasteiger partial charge in [-0.1, -0.05) is 0 Å². The summed E-state index contributed by atoms with van der Waals surface area (Å²) in [6.45, 7) is 0.0222. The lowest BCUT2D eigenvalue weighted by atomic mass is 10.1. The summed E-state index contributed by atoms with van der Waals surface area (Å²) in [5, 5.41) is 0. The van der Waals surface area contributed by atoms with Crippen LogP contribution in [-0.2, 0) is 6.42 Å². The van der Waals surface area contributed by atoms with E-state index in [-0.39, 0.29) is 13.0 Å². The number of nitrogens with zero attached hydrogens (tertiary/aromatic N) is 1. The topological polar surface area (TPSA) is 64.9 Å². The molecule has 0 saturated heterocycles. The second-order valence-corrected chi connectivity index (χ2v) is 2.61. The Balaban J connectivity index is 2.69. The van der Waals surface area contributed by atoms with E-state index in [2.05, 4.69) is 4.98 Å². The lowest BCUT2D eigenvalue weighted by Gasteiger charge is -2.06. The largest absolute Gasteiger partial charge is 0.398 e. The molecule has 1 atom stereocenters. The lowest BCUT2D eigenvalue weighted by molar-refractivity contribution is 0.340. The molecule has 0 spiro atoms. The molecule has 12 heavy (non-hydrogen) atoms. The van der Waals surface area contributed by atoms with Gasteiger partial charge < -0.3 is 11.5 Å². The van der Waals surface area contributed by atoms with Crippen molar-refractivity contribution in [3.63, 3.8) is 0 Å². The first-order chi connectivity index (χ1) is 5.74.